The van der Waals surface area contributed by atoms with Crippen LogP contribution in [0.3, 0.4) is 0 Å². The standard InChI is InChI=1S/C25H25N5O3/c1-33-23-15-26-12-11-19(23)21-14-16(10-13-27-21)24(32)29-25-28-20-4-2-3-5-22(20)30(25)17-6-8-18(31)9-7-17/h2-5,10-15,17-18,31H,6-9H2,1H3,(H,28,29,32). The number of amides is 1. The summed E-state index contributed by atoms with van der Waals surface area (Å²) in [6.45, 7) is 0. The van der Waals surface area contributed by atoms with Gasteiger partial charge in [-0.25, -0.2) is 4.98 Å². The lowest BCUT2D eigenvalue weighted by atomic mass is 9.93. The van der Waals surface area contributed by atoms with Crippen molar-refractivity contribution in [3.63, 3.8) is 0 Å². The summed E-state index contributed by atoms with van der Waals surface area (Å²) < 4.78 is 7.49. The average Bonchev–Trinajstić information content (AvgIpc) is 3.22. The Morgan fingerprint density at radius 3 is 2.76 bits per heavy atom. The highest BCUT2D eigenvalue weighted by atomic mass is 16.5. The molecule has 2 N–H and O–H groups in total. The molecule has 0 atom stereocenters. The Balaban J connectivity index is 1.47. The molecular weight excluding hydrogens is 418 g/mol. The third kappa shape index (κ3) is 4.17. The van der Waals surface area contributed by atoms with Crippen molar-refractivity contribution in [1.82, 2.24) is 19.5 Å². The number of aliphatic hydroxyl groups is 1. The van der Waals surface area contributed by atoms with Gasteiger partial charge in [-0.15, -0.1) is 0 Å². The van der Waals surface area contributed by atoms with Crippen LogP contribution in [0, 0.1) is 0 Å². The fraction of sp³-hybridized carbons (Fsp3) is 0.280. The van der Waals surface area contributed by atoms with Crippen LogP contribution < -0.4 is 10.1 Å². The van der Waals surface area contributed by atoms with Crippen LogP contribution in [0.4, 0.5) is 5.95 Å². The smallest absolute Gasteiger partial charge is 0.258 e. The molecule has 33 heavy (non-hydrogen) atoms. The van der Waals surface area contributed by atoms with Gasteiger partial charge in [0.25, 0.3) is 5.91 Å². The van der Waals surface area contributed by atoms with Crippen molar-refractivity contribution in [3.05, 3.63) is 66.6 Å². The number of benzene rings is 1. The maximum atomic E-state index is 13.2. The van der Waals surface area contributed by atoms with Crippen molar-refractivity contribution in [2.75, 3.05) is 12.4 Å². The first-order valence-electron chi connectivity index (χ1n) is 11.0. The van der Waals surface area contributed by atoms with Gasteiger partial charge >= 0.3 is 0 Å². The first-order chi connectivity index (χ1) is 16.1. The maximum absolute atomic E-state index is 13.2. The monoisotopic (exact) mass is 443 g/mol. The third-order valence-corrected chi connectivity index (χ3v) is 6.16. The van der Waals surface area contributed by atoms with Crippen LogP contribution in [-0.4, -0.2) is 43.7 Å². The molecule has 5 rings (SSSR count). The molecule has 1 fully saturated rings. The van der Waals surface area contributed by atoms with Crippen molar-refractivity contribution >= 4 is 22.9 Å². The molecule has 1 aliphatic rings. The van der Waals surface area contributed by atoms with Gasteiger partial charge in [0.15, 0.2) is 0 Å². The van der Waals surface area contributed by atoms with Gasteiger partial charge in [-0.05, 0) is 56.0 Å². The number of pyridine rings is 2. The molecule has 0 bridgehead atoms. The molecule has 8 heteroatoms. The van der Waals surface area contributed by atoms with E-state index < -0.39 is 0 Å². The summed E-state index contributed by atoms with van der Waals surface area (Å²) in [5.41, 5.74) is 3.66. The number of carbonyl (C=O) groups is 1. The van der Waals surface area contributed by atoms with Crippen molar-refractivity contribution in [2.45, 2.75) is 37.8 Å². The zero-order chi connectivity index (χ0) is 22.8. The highest BCUT2D eigenvalue weighted by Gasteiger charge is 2.25. The predicted molar refractivity (Wildman–Crippen MR) is 125 cm³/mol. The number of nitrogens with one attached hydrogen (secondary N) is 1. The Morgan fingerprint density at radius 2 is 1.94 bits per heavy atom. The Labute approximate surface area is 191 Å². The van der Waals surface area contributed by atoms with E-state index in [2.05, 4.69) is 19.9 Å². The van der Waals surface area contributed by atoms with Crippen LogP contribution in [-0.2, 0) is 0 Å². The van der Waals surface area contributed by atoms with Crippen LogP contribution in [0.5, 0.6) is 5.75 Å². The summed E-state index contributed by atoms with van der Waals surface area (Å²) in [5, 5.41) is 13.0. The number of aliphatic hydroxyl groups excluding tert-OH is 1. The number of para-hydroxylation sites is 2. The second kappa shape index (κ2) is 8.99. The number of hydrogen-bond acceptors (Lipinski definition) is 6. The quantitative estimate of drug-likeness (QED) is 0.479. The number of nitrogens with zero attached hydrogens (tertiary/aromatic N) is 4. The molecule has 1 aromatic carbocycles. The van der Waals surface area contributed by atoms with Crippen LogP contribution >= 0.6 is 0 Å². The third-order valence-electron chi connectivity index (χ3n) is 6.16. The Morgan fingerprint density at radius 1 is 1.12 bits per heavy atom. The van der Waals surface area contributed by atoms with E-state index in [1.54, 1.807) is 43.9 Å². The van der Waals surface area contributed by atoms with E-state index in [4.69, 9.17) is 9.72 Å². The molecular formula is C25H25N5O3. The number of rotatable bonds is 5. The van der Waals surface area contributed by atoms with E-state index in [9.17, 15) is 9.90 Å². The highest BCUT2D eigenvalue weighted by Crippen LogP contribution is 2.34. The number of ether oxygens (including phenoxy) is 1. The molecule has 1 amide bonds. The van der Waals surface area contributed by atoms with E-state index in [0.717, 1.165) is 42.3 Å². The van der Waals surface area contributed by atoms with E-state index in [1.165, 1.54) is 0 Å². The van der Waals surface area contributed by atoms with Gasteiger partial charge in [0.2, 0.25) is 5.95 Å². The maximum Gasteiger partial charge on any atom is 0.258 e. The topological polar surface area (TPSA) is 102 Å². The molecule has 0 saturated heterocycles. The number of hydrogen-bond donors (Lipinski definition) is 2. The lowest BCUT2D eigenvalue weighted by molar-refractivity contribution is 0.102. The molecule has 8 nitrogen and oxygen atoms in total. The fourth-order valence-corrected chi connectivity index (χ4v) is 4.47. The van der Waals surface area contributed by atoms with Crippen molar-refractivity contribution in [3.8, 4) is 17.0 Å². The van der Waals surface area contributed by atoms with Gasteiger partial charge in [-0.1, -0.05) is 12.1 Å². The van der Waals surface area contributed by atoms with Crippen LogP contribution in [0.15, 0.2) is 61.1 Å². The Hall–Kier alpha value is -3.78. The van der Waals surface area contributed by atoms with Crippen LogP contribution in [0.2, 0.25) is 0 Å². The number of carbonyl (C=O) groups excluding carboxylic acids is 1. The fourth-order valence-electron chi connectivity index (χ4n) is 4.47. The summed E-state index contributed by atoms with van der Waals surface area (Å²) in [6, 6.07) is 13.3. The van der Waals surface area contributed by atoms with E-state index in [-0.39, 0.29) is 18.1 Å². The number of methoxy groups -OCH3 is 1. The van der Waals surface area contributed by atoms with Gasteiger partial charge in [-0.2, -0.15) is 0 Å². The van der Waals surface area contributed by atoms with Gasteiger partial charge in [0.1, 0.15) is 5.75 Å². The first-order valence-corrected chi connectivity index (χ1v) is 11.0. The van der Waals surface area contributed by atoms with Crippen LogP contribution in [0.25, 0.3) is 22.3 Å². The molecule has 0 unspecified atom stereocenters. The minimum absolute atomic E-state index is 0.171. The van der Waals surface area contributed by atoms with E-state index in [1.807, 2.05) is 24.3 Å². The molecule has 1 saturated carbocycles. The Bertz CT molecular complexity index is 1290. The van der Waals surface area contributed by atoms with Gasteiger partial charge in [0.05, 0.1) is 36.1 Å². The number of aromatic nitrogens is 4. The SMILES string of the molecule is COc1cnccc1-c1cc(C(=O)Nc2nc3ccccc3n2C2CCC(O)CC2)ccn1. The summed E-state index contributed by atoms with van der Waals surface area (Å²) in [7, 11) is 1.58. The molecule has 0 spiro atoms. The largest absolute Gasteiger partial charge is 0.494 e. The zero-order valence-corrected chi connectivity index (χ0v) is 18.3. The zero-order valence-electron chi connectivity index (χ0n) is 18.3. The number of fused-ring (bicyclic) bond motifs is 1. The van der Waals surface area contributed by atoms with E-state index >= 15 is 0 Å². The van der Waals surface area contributed by atoms with Gasteiger partial charge in [-0.3, -0.25) is 20.1 Å². The summed E-state index contributed by atoms with van der Waals surface area (Å²) in [4.78, 5) is 26.4. The molecule has 168 valence electrons. The van der Waals surface area contributed by atoms with Crippen molar-refractivity contribution in [1.29, 1.82) is 0 Å². The molecule has 3 aromatic heterocycles. The van der Waals surface area contributed by atoms with Crippen molar-refractivity contribution < 1.29 is 14.6 Å². The summed E-state index contributed by atoms with van der Waals surface area (Å²) in [6.07, 6.45) is 7.79. The summed E-state index contributed by atoms with van der Waals surface area (Å²) in [5.74, 6) is 0.838. The average molecular weight is 444 g/mol. The molecule has 3 heterocycles. The molecule has 4 aromatic rings. The second-order valence-electron chi connectivity index (χ2n) is 8.22. The van der Waals surface area contributed by atoms with Gasteiger partial charge < -0.3 is 14.4 Å². The Kier molecular flexibility index (Phi) is 5.75. The van der Waals surface area contributed by atoms with Crippen LogP contribution in [0.1, 0.15) is 42.1 Å². The first kappa shape index (κ1) is 21.1. The summed E-state index contributed by atoms with van der Waals surface area (Å²) >= 11 is 0. The normalized spacial score (nSPS) is 18.2. The minimum atomic E-state index is -0.265. The number of anilines is 1. The number of imidazole rings is 1. The minimum Gasteiger partial charge on any atom is -0.494 e. The molecule has 0 radical (unpaired) electrons. The van der Waals surface area contributed by atoms with Gasteiger partial charge in [0, 0.05) is 29.6 Å². The van der Waals surface area contributed by atoms with E-state index in [0.29, 0.717) is 23.0 Å². The second-order valence-corrected chi connectivity index (χ2v) is 8.22. The lowest BCUT2D eigenvalue weighted by Crippen LogP contribution is -2.23. The highest BCUT2D eigenvalue weighted by molar-refractivity contribution is 6.04. The molecule has 1 aliphatic carbocycles. The van der Waals surface area contributed by atoms with Crippen molar-refractivity contribution in [2.24, 2.45) is 0 Å². The lowest BCUT2D eigenvalue weighted by Gasteiger charge is -2.28. The molecule has 0 aliphatic heterocycles. The predicted octanol–water partition coefficient (Wildman–Crippen LogP) is 4.23.